The lowest BCUT2D eigenvalue weighted by Gasteiger charge is -2.31. The largest absolute Gasteiger partial charge is 0.478 e. The van der Waals surface area contributed by atoms with Crippen LogP contribution in [0.2, 0.25) is 0 Å². The third-order valence-corrected chi connectivity index (χ3v) is 4.08. The molecule has 116 valence electrons. The van der Waals surface area contributed by atoms with Gasteiger partial charge in [-0.2, -0.15) is 5.10 Å². The van der Waals surface area contributed by atoms with Crippen molar-refractivity contribution < 1.29 is 18.3 Å². The molecule has 2 aliphatic rings. The molecular formula is C14H19F2N3O2. The van der Waals surface area contributed by atoms with Gasteiger partial charge in [-0.3, -0.25) is 4.79 Å². The van der Waals surface area contributed by atoms with E-state index in [9.17, 15) is 13.6 Å². The molecule has 3 rings (SSSR count). The molecule has 1 fully saturated rings. The second-order valence-corrected chi connectivity index (χ2v) is 5.69. The maximum absolute atomic E-state index is 12.7. The second-order valence-electron chi connectivity index (χ2n) is 5.69. The number of aryl methyl sites for hydroxylation is 1. The number of carbonyl (C=O) groups is 1. The number of nitrogens with zero attached hydrogens (tertiary/aromatic N) is 3. The molecular weight excluding hydrogens is 280 g/mol. The van der Waals surface area contributed by atoms with E-state index in [0.29, 0.717) is 31.5 Å². The Morgan fingerprint density at radius 1 is 1.48 bits per heavy atom. The zero-order valence-electron chi connectivity index (χ0n) is 11.8. The zero-order valence-corrected chi connectivity index (χ0v) is 11.8. The highest BCUT2D eigenvalue weighted by Gasteiger charge is 2.28. The highest BCUT2D eigenvalue weighted by molar-refractivity contribution is 5.92. The Balaban J connectivity index is 1.73. The normalized spacial score (nSPS) is 18.0. The summed E-state index contributed by atoms with van der Waals surface area (Å²) in [6.45, 7) is 1.16. The number of carbonyl (C=O) groups excluding carboxylic acids is 1. The van der Waals surface area contributed by atoms with Gasteiger partial charge in [0.15, 0.2) is 5.69 Å². The van der Waals surface area contributed by atoms with Crippen molar-refractivity contribution in [3.8, 4) is 5.88 Å². The fourth-order valence-electron chi connectivity index (χ4n) is 2.73. The van der Waals surface area contributed by atoms with Crippen LogP contribution in [0.1, 0.15) is 36.2 Å². The molecule has 0 aromatic carbocycles. The first kappa shape index (κ1) is 14.3. The first-order valence-electron chi connectivity index (χ1n) is 7.41. The standard InChI is InChI=1S/C14H19F2N3O2/c15-12(16)9-18(8-10-3-1-4-10)14(20)11-7-13-19(17-11)5-2-6-21-13/h7,10,12H,1-6,8-9H2. The van der Waals surface area contributed by atoms with Crippen LogP contribution in [-0.4, -0.2) is 46.7 Å². The quantitative estimate of drug-likeness (QED) is 0.837. The lowest BCUT2D eigenvalue weighted by Crippen LogP contribution is -2.40. The highest BCUT2D eigenvalue weighted by atomic mass is 19.3. The van der Waals surface area contributed by atoms with Gasteiger partial charge >= 0.3 is 0 Å². The number of alkyl halides is 2. The Labute approximate surface area is 121 Å². The minimum atomic E-state index is -2.53. The first-order chi connectivity index (χ1) is 10.1. The summed E-state index contributed by atoms with van der Waals surface area (Å²) in [6.07, 6.45) is 1.45. The SMILES string of the molecule is O=C(c1cc2n(n1)CCCO2)N(CC(F)F)CC1CCC1. The average Bonchev–Trinajstić information content (AvgIpc) is 2.84. The number of halogens is 2. The van der Waals surface area contributed by atoms with Gasteiger partial charge in [0.1, 0.15) is 0 Å². The van der Waals surface area contributed by atoms with Crippen molar-refractivity contribution in [2.24, 2.45) is 5.92 Å². The van der Waals surface area contributed by atoms with Crippen molar-refractivity contribution in [2.75, 3.05) is 19.7 Å². The van der Waals surface area contributed by atoms with Crippen molar-refractivity contribution in [1.29, 1.82) is 0 Å². The summed E-state index contributed by atoms with van der Waals surface area (Å²) in [5.41, 5.74) is 0.201. The summed E-state index contributed by atoms with van der Waals surface area (Å²) >= 11 is 0. The van der Waals surface area contributed by atoms with Gasteiger partial charge in [0.05, 0.1) is 13.2 Å². The van der Waals surface area contributed by atoms with E-state index in [-0.39, 0.29) is 5.69 Å². The smallest absolute Gasteiger partial charge is 0.274 e. The summed E-state index contributed by atoms with van der Waals surface area (Å²) in [6, 6.07) is 1.56. The maximum Gasteiger partial charge on any atom is 0.274 e. The molecule has 1 aliphatic carbocycles. The molecule has 0 atom stereocenters. The molecule has 1 saturated carbocycles. The van der Waals surface area contributed by atoms with Crippen LogP contribution in [0.3, 0.4) is 0 Å². The second kappa shape index (κ2) is 5.99. The van der Waals surface area contributed by atoms with Crippen LogP contribution in [-0.2, 0) is 6.54 Å². The third-order valence-electron chi connectivity index (χ3n) is 4.08. The Kier molecular flexibility index (Phi) is 4.07. The van der Waals surface area contributed by atoms with Gasteiger partial charge in [0.2, 0.25) is 5.88 Å². The molecule has 7 heteroatoms. The summed E-state index contributed by atoms with van der Waals surface area (Å²) in [5, 5.41) is 4.19. The molecule has 0 spiro atoms. The van der Waals surface area contributed by atoms with E-state index in [1.165, 1.54) is 4.90 Å². The van der Waals surface area contributed by atoms with E-state index in [2.05, 4.69) is 5.10 Å². The van der Waals surface area contributed by atoms with Crippen LogP contribution in [0, 0.1) is 5.92 Å². The number of ether oxygens (including phenoxy) is 1. The topological polar surface area (TPSA) is 47.4 Å². The van der Waals surface area contributed by atoms with E-state index in [1.54, 1.807) is 10.7 Å². The van der Waals surface area contributed by atoms with Crippen molar-refractivity contribution >= 4 is 5.91 Å². The minimum Gasteiger partial charge on any atom is -0.478 e. The predicted octanol–water partition coefficient (Wildman–Crippen LogP) is 2.17. The number of aromatic nitrogens is 2. The number of hydrogen-bond acceptors (Lipinski definition) is 3. The van der Waals surface area contributed by atoms with E-state index >= 15 is 0 Å². The van der Waals surface area contributed by atoms with E-state index in [1.807, 2.05) is 0 Å². The van der Waals surface area contributed by atoms with Crippen LogP contribution in [0.5, 0.6) is 5.88 Å². The lowest BCUT2D eigenvalue weighted by molar-refractivity contribution is 0.0464. The predicted molar refractivity (Wildman–Crippen MR) is 71.6 cm³/mol. The molecule has 0 unspecified atom stereocenters. The van der Waals surface area contributed by atoms with E-state index in [0.717, 1.165) is 25.7 Å². The van der Waals surface area contributed by atoms with E-state index in [4.69, 9.17) is 4.74 Å². The van der Waals surface area contributed by atoms with Gasteiger partial charge in [-0.15, -0.1) is 0 Å². The molecule has 1 aliphatic heterocycles. The van der Waals surface area contributed by atoms with Crippen LogP contribution in [0.25, 0.3) is 0 Å². The molecule has 2 heterocycles. The molecule has 0 N–H and O–H groups in total. The molecule has 0 radical (unpaired) electrons. The molecule has 21 heavy (non-hydrogen) atoms. The Morgan fingerprint density at radius 2 is 2.29 bits per heavy atom. The van der Waals surface area contributed by atoms with Crippen molar-refractivity contribution in [3.05, 3.63) is 11.8 Å². The van der Waals surface area contributed by atoms with Crippen LogP contribution < -0.4 is 4.74 Å². The summed E-state index contributed by atoms with van der Waals surface area (Å²) in [5.74, 6) is 0.471. The average molecular weight is 299 g/mol. The number of rotatable bonds is 5. The number of amides is 1. The monoisotopic (exact) mass is 299 g/mol. The molecule has 1 amide bonds. The van der Waals surface area contributed by atoms with Crippen LogP contribution >= 0.6 is 0 Å². The van der Waals surface area contributed by atoms with Gasteiger partial charge in [-0.1, -0.05) is 6.42 Å². The first-order valence-corrected chi connectivity index (χ1v) is 7.41. The third kappa shape index (κ3) is 3.16. The Hall–Kier alpha value is -1.66. The van der Waals surface area contributed by atoms with Gasteiger partial charge in [-0.05, 0) is 18.8 Å². The van der Waals surface area contributed by atoms with Gasteiger partial charge < -0.3 is 9.64 Å². The maximum atomic E-state index is 12.7. The summed E-state index contributed by atoms with van der Waals surface area (Å²) in [7, 11) is 0. The molecule has 5 nitrogen and oxygen atoms in total. The summed E-state index contributed by atoms with van der Waals surface area (Å²) < 4.78 is 32.5. The summed E-state index contributed by atoms with van der Waals surface area (Å²) in [4.78, 5) is 13.7. The van der Waals surface area contributed by atoms with Gasteiger partial charge in [-0.25, -0.2) is 13.5 Å². The van der Waals surface area contributed by atoms with Crippen molar-refractivity contribution in [1.82, 2.24) is 14.7 Å². The van der Waals surface area contributed by atoms with Gasteiger partial charge in [0.25, 0.3) is 12.3 Å². The minimum absolute atomic E-state index is 0.201. The lowest BCUT2D eigenvalue weighted by atomic mass is 9.85. The number of fused-ring (bicyclic) bond motifs is 1. The van der Waals surface area contributed by atoms with Crippen LogP contribution in [0.4, 0.5) is 8.78 Å². The fourth-order valence-corrected chi connectivity index (χ4v) is 2.73. The highest BCUT2D eigenvalue weighted by Crippen LogP contribution is 2.28. The molecule has 0 bridgehead atoms. The van der Waals surface area contributed by atoms with E-state index < -0.39 is 18.9 Å². The molecule has 1 aromatic rings. The van der Waals surface area contributed by atoms with Crippen LogP contribution in [0.15, 0.2) is 6.07 Å². The Morgan fingerprint density at radius 3 is 2.90 bits per heavy atom. The fraction of sp³-hybridized carbons (Fsp3) is 0.714. The zero-order chi connectivity index (χ0) is 14.8. The van der Waals surface area contributed by atoms with Crippen molar-refractivity contribution in [2.45, 2.75) is 38.7 Å². The Bertz CT molecular complexity index is 491. The van der Waals surface area contributed by atoms with Crippen molar-refractivity contribution in [3.63, 3.8) is 0 Å². The van der Waals surface area contributed by atoms with Gasteiger partial charge in [0, 0.05) is 25.6 Å². The molecule has 1 aromatic heterocycles. The number of hydrogen-bond donors (Lipinski definition) is 0. The molecule has 0 saturated heterocycles.